The van der Waals surface area contributed by atoms with Gasteiger partial charge in [-0.15, -0.1) is 22.7 Å². The minimum absolute atomic E-state index is 0.174. The summed E-state index contributed by atoms with van der Waals surface area (Å²) >= 11 is 3.78. The fraction of sp³-hybridized carbons (Fsp3) is 0.0435. The Kier molecular flexibility index (Phi) is 6.15. The Balaban J connectivity index is 1.10. The topological polar surface area (TPSA) is 8.17 Å². The minimum atomic E-state index is 0.174. The zero-order chi connectivity index (χ0) is 32.8. The number of benzene rings is 7. The molecule has 0 saturated heterocycles. The Labute approximate surface area is 296 Å². The predicted octanol–water partition coefficient (Wildman–Crippen LogP) is 11.7. The number of thiophene rings is 2. The van der Waals surface area contributed by atoms with Crippen molar-refractivity contribution in [1.29, 1.82) is 0 Å². The largest absolute Gasteiger partial charge is 0.334 e. The van der Waals surface area contributed by atoms with Gasteiger partial charge in [0.1, 0.15) is 0 Å². The molecule has 1 aliphatic rings. The third kappa shape index (κ3) is 4.19. The average Bonchev–Trinajstić information content (AvgIpc) is 3.85. The number of anilines is 2. The molecule has 3 aromatic heterocycles. The molecule has 0 aliphatic heterocycles. The van der Waals surface area contributed by atoms with Gasteiger partial charge in [0.2, 0.25) is 0 Å². The average molecular weight is 675 g/mol. The maximum Gasteiger partial charge on any atom is 0.0566 e. The van der Waals surface area contributed by atoms with Crippen molar-refractivity contribution in [2.75, 3.05) is 4.90 Å². The van der Waals surface area contributed by atoms with Gasteiger partial charge in [-0.1, -0.05) is 97.1 Å². The van der Waals surface area contributed by atoms with Gasteiger partial charge in [0.05, 0.1) is 17.1 Å². The molecule has 0 amide bonds. The van der Waals surface area contributed by atoms with Crippen LogP contribution in [0, 0.1) is 0 Å². The molecule has 11 rings (SSSR count). The Hall–Kier alpha value is -5.68. The highest BCUT2D eigenvalue weighted by atomic mass is 32.1. The highest BCUT2D eigenvalue weighted by Crippen LogP contribution is 2.41. The van der Waals surface area contributed by atoms with Crippen LogP contribution in [-0.2, 0) is 0 Å². The fourth-order valence-electron chi connectivity index (χ4n) is 8.25. The van der Waals surface area contributed by atoms with E-state index in [0.29, 0.717) is 0 Å². The number of hydrogen-bond acceptors (Lipinski definition) is 3. The summed E-state index contributed by atoms with van der Waals surface area (Å²) in [4.78, 5) is 2.56. The molecule has 1 atom stereocenters. The van der Waals surface area contributed by atoms with Crippen LogP contribution in [0.25, 0.3) is 80.7 Å². The van der Waals surface area contributed by atoms with Gasteiger partial charge >= 0.3 is 0 Å². The molecule has 3 heterocycles. The highest BCUT2D eigenvalue weighted by molar-refractivity contribution is 7.25. The second-order valence-corrected chi connectivity index (χ2v) is 15.4. The lowest BCUT2D eigenvalue weighted by atomic mass is 10.0. The molecule has 1 unspecified atom stereocenters. The van der Waals surface area contributed by atoms with E-state index >= 15 is 0 Å². The SMILES string of the molecule is C1=c2sc3ccccc3c2=CC(N(c2ccc(-n3c4ccccc4c4c5ccccc5ccc43)cc2)c2ccc3sc4ccccc4c3c2)C1. The molecule has 0 radical (unpaired) electrons. The van der Waals surface area contributed by atoms with Gasteiger partial charge in [-0.2, -0.15) is 0 Å². The molecule has 1 aliphatic carbocycles. The van der Waals surface area contributed by atoms with Crippen molar-refractivity contribution in [3.8, 4) is 5.69 Å². The Morgan fingerprint density at radius 3 is 2.06 bits per heavy atom. The first kappa shape index (κ1) is 28.2. The van der Waals surface area contributed by atoms with E-state index in [2.05, 4.69) is 173 Å². The summed E-state index contributed by atoms with van der Waals surface area (Å²) in [5, 5.41) is 10.5. The van der Waals surface area contributed by atoms with Gasteiger partial charge in [-0.3, -0.25) is 0 Å². The van der Waals surface area contributed by atoms with Crippen molar-refractivity contribution >= 4 is 109 Å². The normalized spacial score (nSPS) is 14.4. The summed E-state index contributed by atoms with van der Waals surface area (Å²) in [5.41, 5.74) is 6.03. The monoisotopic (exact) mass is 674 g/mol. The number of fused-ring (bicyclic) bond motifs is 11. The van der Waals surface area contributed by atoms with Gasteiger partial charge in [-0.25, -0.2) is 0 Å². The number of rotatable bonds is 4. The molecule has 236 valence electrons. The summed E-state index contributed by atoms with van der Waals surface area (Å²) in [6.07, 6.45) is 5.91. The third-order valence-corrected chi connectivity index (χ3v) is 12.8. The van der Waals surface area contributed by atoms with Gasteiger partial charge < -0.3 is 9.47 Å². The van der Waals surface area contributed by atoms with Crippen LogP contribution in [0.2, 0.25) is 0 Å². The van der Waals surface area contributed by atoms with Gasteiger partial charge in [0.15, 0.2) is 0 Å². The summed E-state index contributed by atoms with van der Waals surface area (Å²) in [7, 11) is 0. The Bertz CT molecular complexity index is 3090. The first-order valence-corrected chi connectivity index (χ1v) is 18.8. The molecular formula is C46H30N2S2. The van der Waals surface area contributed by atoms with Gasteiger partial charge in [0.25, 0.3) is 0 Å². The molecule has 0 saturated carbocycles. The third-order valence-electron chi connectivity index (χ3n) is 10.5. The number of para-hydroxylation sites is 1. The summed E-state index contributed by atoms with van der Waals surface area (Å²) in [6, 6.07) is 56.2. The van der Waals surface area contributed by atoms with Crippen LogP contribution < -0.4 is 14.7 Å². The lowest BCUT2D eigenvalue weighted by Gasteiger charge is -2.33. The standard InChI is InChI=1S/C46H30N2S2/c1-2-10-34-29(9-1)17-24-41-46(34)37-13-3-6-14-40(37)48(41)31-20-18-30(19-21-31)47(32-22-25-44-38(27-32)35-11-4-7-15-42(35)49-44)33-23-26-45-39(28-33)36-12-5-8-16-43(36)50-45/h1-22,24-28,33H,23H2. The molecule has 0 bridgehead atoms. The highest BCUT2D eigenvalue weighted by Gasteiger charge is 2.23. The molecule has 50 heavy (non-hydrogen) atoms. The van der Waals surface area contributed by atoms with Crippen LogP contribution in [0.15, 0.2) is 152 Å². The molecule has 4 heteroatoms. The van der Waals surface area contributed by atoms with Crippen molar-refractivity contribution in [3.63, 3.8) is 0 Å². The quantitative estimate of drug-likeness (QED) is 0.180. The number of nitrogens with zero attached hydrogens (tertiary/aromatic N) is 2. The van der Waals surface area contributed by atoms with Crippen LogP contribution in [-0.4, -0.2) is 10.6 Å². The number of aromatic nitrogens is 1. The van der Waals surface area contributed by atoms with E-state index < -0.39 is 0 Å². The predicted molar refractivity (Wildman–Crippen MR) is 218 cm³/mol. The van der Waals surface area contributed by atoms with E-state index in [0.717, 1.165) is 6.42 Å². The van der Waals surface area contributed by atoms with Gasteiger partial charge in [-0.05, 0) is 89.1 Å². The van der Waals surface area contributed by atoms with Crippen molar-refractivity contribution in [1.82, 2.24) is 4.57 Å². The Morgan fingerprint density at radius 1 is 0.520 bits per heavy atom. The minimum Gasteiger partial charge on any atom is -0.334 e. The van der Waals surface area contributed by atoms with E-state index in [1.165, 1.54) is 89.6 Å². The zero-order valence-corrected chi connectivity index (χ0v) is 28.7. The summed E-state index contributed by atoms with van der Waals surface area (Å²) in [5.74, 6) is 0. The van der Waals surface area contributed by atoms with Crippen LogP contribution in [0.3, 0.4) is 0 Å². The lowest BCUT2D eigenvalue weighted by Crippen LogP contribution is -2.36. The van der Waals surface area contributed by atoms with Crippen LogP contribution in [0.1, 0.15) is 6.42 Å². The van der Waals surface area contributed by atoms with Crippen LogP contribution in [0.4, 0.5) is 11.4 Å². The van der Waals surface area contributed by atoms with E-state index in [9.17, 15) is 0 Å². The molecule has 2 nitrogen and oxygen atoms in total. The molecule has 0 N–H and O–H groups in total. The number of hydrogen-bond donors (Lipinski definition) is 0. The molecule has 0 spiro atoms. The van der Waals surface area contributed by atoms with Gasteiger partial charge in [0, 0.05) is 62.6 Å². The van der Waals surface area contributed by atoms with Crippen molar-refractivity contribution < 1.29 is 0 Å². The first-order chi connectivity index (χ1) is 24.8. The first-order valence-electron chi connectivity index (χ1n) is 17.2. The zero-order valence-electron chi connectivity index (χ0n) is 27.1. The second kappa shape index (κ2) is 10.9. The molecule has 7 aromatic carbocycles. The van der Waals surface area contributed by atoms with Crippen molar-refractivity contribution in [2.24, 2.45) is 0 Å². The molecule has 0 fully saturated rings. The smallest absolute Gasteiger partial charge is 0.0566 e. The van der Waals surface area contributed by atoms with Crippen molar-refractivity contribution in [2.45, 2.75) is 12.5 Å². The van der Waals surface area contributed by atoms with Crippen LogP contribution >= 0.6 is 22.7 Å². The van der Waals surface area contributed by atoms with E-state index in [4.69, 9.17) is 0 Å². The Morgan fingerprint density at radius 2 is 1.20 bits per heavy atom. The summed E-state index contributed by atoms with van der Waals surface area (Å²) in [6.45, 7) is 0. The maximum atomic E-state index is 2.56. The van der Waals surface area contributed by atoms with Crippen LogP contribution in [0.5, 0.6) is 0 Å². The molecule has 10 aromatic rings. The van der Waals surface area contributed by atoms with E-state index in [-0.39, 0.29) is 6.04 Å². The van der Waals surface area contributed by atoms with E-state index in [1.54, 1.807) is 0 Å². The van der Waals surface area contributed by atoms with E-state index in [1.807, 2.05) is 22.7 Å². The fourth-order valence-corrected chi connectivity index (χ4v) is 10.5. The lowest BCUT2D eigenvalue weighted by molar-refractivity contribution is 0.840. The second-order valence-electron chi connectivity index (χ2n) is 13.2. The maximum absolute atomic E-state index is 2.56. The molecular weight excluding hydrogens is 645 g/mol. The summed E-state index contributed by atoms with van der Waals surface area (Å²) < 4.78 is 7.83. The van der Waals surface area contributed by atoms with Crippen molar-refractivity contribution in [3.05, 3.63) is 161 Å².